The van der Waals surface area contributed by atoms with Gasteiger partial charge in [0.1, 0.15) is 0 Å². The van der Waals surface area contributed by atoms with Crippen molar-refractivity contribution in [2.75, 3.05) is 53.2 Å². The first kappa shape index (κ1) is 38.9. The molecule has 0 bridgehead atoms. The van der Waals surface area contributed by atoms with Crippen molar-refractivity contribution in [1.29, 1.82) is 0 Å². The van der Waals surface area contributed by atoms with E-state index < -0.39 is 0 Å². The Morgan fingerprint density at radius 3 is 2.12 bits per heavy atom. The van der Waals surface area contributed by atoms with Crippen LogP contribution in [0.3, 0.4) is 0 Å². The Balaban J connectivity index is 2.29. The van der Waals surface area contributed by atoms with Gasteiger partial charge in [0.15, 0.2) is 0 Å². The summed E-state index contributed by atoms with van der Waals surface area (Å²) in [6, 6.07) is 0. The summed E-state index contributed by atoms with van der Waals surface area (Å²) in [5, 5.41) is 0. The molecular formula is C36H73N3O4. The summed E-state index contributed by atoms with van der Waals surface area (Å²) in [6.45, 7) is 20.0. The molecule has 2 aliphatic rings. The highest BCUT2D eigenvalue weighted by Crippen LogP contribution is 2.58. The van der Waals surface area contributed by atoms with Crippen LogP contribution >= 0.6 is 0 Å². The van der Waals surface area contributed by atoms with E-state index in [2.05, 4.69) is 41.5 Å². The molecule has 0 saturated heterocycles. The zero-order valence-corrected chi connectivity index (χ0v) is 29.4. The van der Waals surface area contributed by atoms with Gasteiger partial charge in [-0.3, -0.25) is 0 Å². The van der Waals surface area contributed by atoms with Crippen molar-refractivity contribution < 1.29 is 18.9 Å². The monoisotopic (exact) mass is 612 g/mol. The van der Waals surface area contributed by atoms with E-state index in [1.807, 2.05) is 7.11 Å². The fourth-order valence-electron chi connectivity index (χ4n) is 8.74. The smallest absolute Gasteiger partial charge is 0.0636 e. The minimum Gasteiger partial charge on any atom is -0.385 e. The standard InChI is InChI=1S/C36H73N3O4/c1-27(12-8-20-40-7)33-14-13-28(2)36(33,6)34(43-23-11-19-39)24-29(3)35(5)16-15-32(42-22-10-18-38)26-31(35)25-30(4)41-21-9-17-37/h27-34H,8-26,37-39H2,1-7H3/t27-,28-,29-,30+,31?,32-,33?,34+,35-,36?/m1/s1. The molecule has 7 nitrogen and oxygen atoms in total. The van der Waals surface area contributed by atoms with Crippen molar-refractivity contribution in [2.45, 2.75) is 137 Å². The largest absolute Gasteiger partial charge is 0.385 e. The molecule has 6 N–H and O–H groups in total. The average molecular weight is 612 g/mol. The first-order chi connectivity index (χ1) is 20.6. The summed E-state index contributed by atoms with van der Waals surface area (Å²) in [4.78, 5) is 0. The molecular weight excluding hydrogens is 538 g/mol. The Morgan fingerprint density at radius 1 is 0.814 bits per heavy atom. The Labute approximate surface area is 266 Å². The zero-order valence-electron chi connectivity index (χ0n) is 29.4. The SMILES string of the molecule is COCCC[C@@H](C)C1CC[C@@H](C)C1(C)[C@H](C[C@@H](C)[C@@]1(C)CC[C@@H](OCCCN)CC1C[C@H](C)OCCCN)OCCCN. The maximum absolute atomic E-state index is 6.94. The van der Waals surface area contributed by atoms with Crippen LogP contribution in [0.2, 0.25) is 0 Å². The Kier molecular flexibility index (Phi) is 18.2. The minimum absolute atomic E-state index is 0.155. The fraction of sp³-hybridized carbons (Fsp3) is 1.00. The lowest BCUT2D eigenvalue weighted by molar-refractivity contribution is -0.115. The normalized spacial score (nSPS) is 32.5. The van der Waals surface area contributed by atoms with Crippen molar-refractivity contribution >= 4 is 0 Å². The van der Waals surface area contributed by atoms with Crippen molar-refractivity contribution in [3.63, 3.8) is 0 Å². The molecule has 2 fully saturated rings. The van der Waals surface area contributed by atoms with E-state index in [-0.39, 0.29) is 23.0 Å². The molecule has 256 valence electrons. The molecule has 0 aliphatic heterocycles. The zero-order chi connectivity index (χ0) is 31.9. The van der Waals surface area contributed by atoms with Gasteiger partial charge in [-0.1, -0.05) is 34.6 Å². The van der Waals surface area contributed by atoms with Crippen molar-refractivity contribution in [2.24, 2.45) is 57.6 Å². The third-order valence-corrected chi connectivity index (χ3v) is 12.1. The molecule has 0 spiro atoms. The predicted octanol–water partition coefficient (Wildman–Crippen LogP) is 6.55. The van der Waals surface area contributed by atoms with Gasteiger partial charge in [0.05, 0.1) is 18.3 Å². The molecule has 0 radical (unpaired) electrons. The molecule has 43 heavy (non-hydrogen) atoms. The van der Waals surface area contributed by atoms with Gasteiger partial charge in [0, 0.05) is 33.5 Å². The summed E-state index contributed by atoms with van der Waals surface area (Å²) in [6.07, 6.45) is 14.0. The van der Waals surface area contributed by atoms with Crippen LogP contribution < -0.4 is 17.2 Å². The molecule has 3 unspecified atom stereocenters. The average Bonchev–Trinajstić information content (AvgIpc) is 3.29. The van der Waals surface area contributed by atoms with E-state index >= 15 is 0 Å². The van der Waals surface area contributed by atoms with Gasteiger partial charge in [-0.15, -0.1) is 0 Å². The Bertz CT molecular complexity index is 727. The number of ether oxygens (including phenoxy) is 4. The second kappa shape index (κ2) is 20.1. The van der Waals surface area contributed by atoms with Crippen molar-refractivity contribution in [1.82, 2.24) is 0 Å². The molecule has 7 heteroatoms. The van der Waals surface area contributed by atoms with Gasteiger partial charge in [-0.2, -0.15) is 0 Å². The molecule has 0 aromatic carbocycles. The van der Waals surface area contributed by atoms with Crippen LogP contribution in [0.15, 0.2) is 0 Å². The Morgan fingerprint density at radius 2 is 1.47 bits per heavy atom. The molecule has 0 aromatic heterocycles. The van der Waals surface area contributed by atoms with Crippen LogP contribution in [0.5, 0.6) is 0 Å². The summed E-state index contributed by atoms with van der Waals surface area (Å²) in [7, 11) is 1.82. The van der Waals surface area contributed by atoms with Gasteiger partial charge in [0.2, 0.25) is 0 Å². The number of methoxy groups -OCH3 is 1. The van der Waals surface area contributed by atoms with E-state index in [4.69, 9.17) is 36.1 Å². The topological polar surface area (TPSA) is 115 Å². The van der Waals surface area contributed by atoms with Gasteiger partial charge in [0.25, 0.3) is 0 Å². The van der Waals surface area contributed by atoms with E-state index in [1.54, 1.807) is 0 Å². The second-order valence-electron chi connectivity index (χ2n) is 14.9. The molecule has 0 heterocycles. The number of rotatable bonds is 23. The van der Waals surface area contributed by atoms with Crippen LogP contribution in [0.4, 0.5) is 0 Å². The summed E-state index contributed by atoms with van der Waals surface area (Å²) >= 11 is 0. The van der Waals surface area contributed by atoms with Crippen molar-refractivity contribution in [3.05, 3.63) is 0 Å². The lowest BCUT2D eigenvalue weighted by Gasteiger charge is -2.52. The van der Waals surface area contributed by atoms with Gasteiger partial charge in [-0.05, 0) is 144 Å². The first-order valence-corrected chi connectivity index (χ1v) is 18.0. The van der Waals surface area contributed by atoms with E-state index in [0.29, 0.717) is 55.3 Å². The van der Waals surface area contributed by atoms with Crippen LogP contribution in [-0.2, 0) is 18.9 Å². The number of nitrogens with two attached hydrogens (primary N) is 3. The highest BCUT2D eigenvalue weighted by molar-refractivity contribution is 5.02. The van der Waals surface area contributed by atoms with Gasteiger partial charge >= 0.3 is 0 Å². The van der Waals surface area contributed by atoms with Crippen molar-refractivity contribution in [3.8, 4) is 0 Å². The highest BCUT2D eigenvalue weighted by Gasteiger charge is 2.53. The van der Waals surface area contributed by atoms with Gasteiger partial charge < -0.3 is 36.1 Å². The fourth-order valence-corrected chi connectivity index (χ4v) is 8.74. The second-order valence-corrected chi connectivity index (χ2v) is 14.9. The third kappa shape index (κ3) is 11.2. The van der Waals surface area contributed by atoms with Crippen LogP contribution in [0.1, 0.15) is 119 Å². The minimum atomic E-state index is 0.155. The van der Waals surface area contributed by atoms with E-state index in [0.717, 1.165) is 77.8 Å². The summed E-state index contributed by atoms with van der Waals surface area (Å²) < 4.78 is 25.0. The van der Waals surface area contributed by atoms with E-state index in [1.165, 1.54) is 25.7 Å². The van der Waals surface area contributed by atoms with Crippen LogP contribution in [0.25, 0.3) is 0 Å². The van der Waals surface area contributed by atoms with Crippen LogP contribution in [-0.4, -0.2) is 71.5 Å². The molecule has 0 aromatic rings. The predicted molar refractivity (Wildman–Crippen MR) is 180 cm³/mol. The quantitative estimate of drug-likeness (QED) is 0.112. The van der Waals surface area contributed by atoms with Crippen LogP contribution in [0, 0.1) is 40.4 Å². The molecule has 10 atom stereocenters. The highest BCUT2D eigenvalue weighted by atomic mass is 16.5. The maximum Gasteiger partial charge on any atom is 0.0636 e. The molecule has 0 amide bonds. The lowest BCUT2D eigenvalue weighted by Crippen LogP contribution is -2.48. The molecule has 2 rings (SSSR count). The van der Waals surface area contributed by atoms with E-state index in [9.17, 15) is 0 Å². The molecule has 2 saturated carbocycles. The maximum atomic E-state index is 6.94. The number of hydrogen-bond acceptors (Lipinski definition) is 7. The molecule has 2 aliphatic carbocycles. The first-order valence-electron chi connectivity index (χ1n) is 18.0. The van der Waals surface area contributed by atoms with Gasteiger partial charge in [-0.25, -0.2) is 0 Å². The number of hydrogen-bond donors (Lipinski definition) is 3. The third-order valence-electron chi connectivity index (χ3n) is 12.1. The summed E-state index contributed by atoms with van der Waals surface area (Å²) in [5.41, 5.74) is 17.8. The lowest BCUT2D eigenvalue weighted by atomic mass is 9.56. The Hall–Kier alpha value is -0.280. The summed E-state index contributed by atoms with van der Waals surface area (Å²) in [5.74, 6) is 3.03.